The Morgan fingerprint density at radius 1 is 1.54 bits per heavy atom. The molecule has 0 amide bonds. The molecule has 0 radical (unpaired) electrons. The Labute approximate surface area is 85.9 Å². The molecule has 0 aromatic carbocycles. The van der Waals surface area contributed by atoms with E-state index in [2.05, 4.69) is 0 Å². The normalized spacial score (nSPS) is 27.8. The number of hydrogen-bond donors (Lipinski definition) is 1. The van der Waals surface area contributed by atoms with Crippen LogP contribution < -0.4 is 4.74 Å². The highest BCUT2D eigenvalue weighted by Crippen LogP contribution is 2.41. The van der Waals surface area contributed by atoms with Crippen LogP contribution in [0.15, 0.2) is 12.1 Å². The van der Waals surface area contributed by atoms with E-state index in [1.807, 2.05) is 23.9 Å². The average Bonchev–Trinajstić information content (AvgIpc) is 2.72. The predicted molar refractivity (Wildman–Crippen MR) is 56.7 cm³/mol. The van der Waals surface area contributed by atoms with Crippen LogP contribution in [0.4, 0.5) is 0 Å². The molecule has 1 atom stereocenters. The molecule has 0 bridgehead atoms. The van der Waals surface area contributed by atoms with Gasteiger partial charge in [0, 0.05) is 10.6 Å². The van der Waals surface area contributed by atoms with Crippen molar-refractivity contribution in [1.82, 2.24) is 0 Å². The summed E-state index contributed by atoms with van der Waals surface area (Å²) in [5.41, 5.74) is -0.591. The van der Waals surface area contributed by atoms with E-state index in [0.717, 1.165) is 27.9 Å². The first kappa shape index (κ1) is 9.37. The molecule has 1 aromatic heterocycles. The van der Waals surface area contributed by atoms with Gasteiger partial charge in [-0.2, -0.15) is 11.8 Å². The molecule has 1 fully saturated rings. The summed E-state index contributed by atoms with van der Waals surface area (Å²) in [5.74, 6) is 1.87. The van der Waals surface area contributed by atoms with Crippen molar-refractivity contribution in [3.8, 4) is 5.06 Å². The summed E-state index contributed by atoms with van der Waals surface area (Å²) in [6, 6.07) is 3.89. The van der Waals surface area contributed by atoms with Crippen molar-refractivity contribution in [3.05, 3.63) is 17.0 Å². The second-order valence-corrected chi connectivity index (χ2v) is 5.31. The van der Waals surface area contributed by atoms with Gasteiger partial charge in [-0.25, -0.2) is 0 Å². The summed E-state index contributed by atoms with van der Waals surface area (Å²) in [4.78, 5) is 1.04. The summed E-state index contributed by atoms with van der Waals surface area (Å²) < 4.78 is 5.10. The zero-order valence-corrected chi connectivity index (χ0v) is 9.08. The molecule has 0 saturated carbocycles. The van der Waals surface area contributed by atoms with Gasteiger partial charge in [0.1, 0.15) is 5.60 Å². The van der Waals surface area contributed by atoms with E-state index >= 15 is 0 Å². The van der Waals surface area contributed by atoms with Gasteiger partial charge >= 0.3 is 0 Å². The standard InChI is InChI=1S/C9H12O2S2/c1-11-8-3-2-7(13-8)9(10)4-5-12-6-9/h2-3,10H,4-6H2,1H3. The Hall–Kier alpha value is -0.190. The number of ether oxygens (including phenoxy) is 1. The fraction of sp³-hybridized carbons (Fsp3) is 0.556. The summed E-state index contributed by atoms with van der Waals surface area (Å²) in [6.45, 7) is 0. The maximum absolute atomic E-state index is 10.2. The molecule has 0 aliphatic carbocycles. The van der Waals surface area contributed by atoms with E-state index in [1.165, 1.54) is 0 Å². The largest absolute Gasteiger partial charge is 0.487 e. The third-order valence-electron chi connectivity index (χ3n) is 2.24. The Morgan fingerprint density at radius 2 is 2.38 bits per heavy atom. The van der Waals surface area contributed by atoms with Crippen molar-refractivity contribution in [2.75, 3.05) is 18.6 Å². The van der Waals surface area contributed by atoms with Crippen LogP contribution in [0.25, 0.3) is 0 Å². The topological polar surface area (TPSA) is 29.5 Å². The molecular weight excluding hydrogens is 204 g/mol. The van der Waals surface area contributed by atoms with Gasteiger partial charge in [0.15, 0.2) is 5.06 Å². The minimum atomic E-state index is -0.591. The third kappa shape index (κ3) is 1.71. The van der Waals surface area contributed by atoms with Crippen molar-refractivity contribution in [3.63, 3.8) is 0 Å². The third-order valence-corrected chi connectivity index (χ3v) is 4.66. The highest BCUT2D eigenvalue weighted by atomic mass is 32.2. The molecule has 4 heteroatoms. The maximum atomic E-state index is 10.2. The monoisotopic (exact) mass is 216 g/mol. The fourth-order valence-electron chi connectivity index (χ4n) is 1.43. The molecule has 72 valence electrons. The molecule has 2 rings (SSSR count). The van der Waals surface area contributed by atoms with Gasteiger partial charge in [0.05, 0.1) is 7.11 Å². The SMILES string of the molecule is COc1ccc(C2(O)CCSC2)s1. The van der Waals surface area contributed by atoms with Gasteiger partial charge in [-0.05, 0) is 24.3 Å². The number of thiophene rings is 1. The molecule has 1 aliphatic rings. The minimum Gasteiger partial charge on any atom is -0.487 e. The zero-order valence-electron chi connectivity index (χ0n) is 7.45. The van der Waals surface area contributed by atoms with Crippen molar-refractivity contribution in [2.24, 2.45) is 0 Å². The van der Waals surface area contributed by atoms with Crippen LogP contribution in [0.3, 0.4) is 0 Å². The van der Waals surface area contributed by atoms with Crippen molar-refractivity contribution < 1.29 is 9.84 Å². The zero-order chi connectivity index (χ0) is 9.31. The number of thioether (sulfide) groups is 1. The van der Waals surface area contributed by atoms with E-state index in [1.54, 1.807) is 18.4 Å². The van der Waals surface area contributed by atoms with Crippen LogP contribution in [0, 0.1) is 0 Å². The van der Waals surface area contributed by atoms with Crippen LogP contribution in [-0.2, 0) is 5.60 Å². The predicted octanol–water partition coefficient (Wildman–Crippen LogP) is 2.08. The second kappa shape index (κ2) is 3.52. The van der Waals surface area contributed by atoms with Gasteiger partial charge in [0.25, 0.3) is 0 Å². The summed E-state index contributed by atoms with van der Waals surface area (Å²) >= 11 is 3.35. The molecule has 1 aromatic rings. The molecule has 1 unspecified atom stereocenters. The minimum absolute atomic E-state index is 0.591. The molecule has 1 saturated heterocycles. The highest BCUT2D eigenvalue weighted by molar-refractivity contribution is 7.99. The molecular formula is C9H12O2S2. The van der Waals surface area contributed by atoms with Gasteiger partial charge < -0.3 is 9.84 Å². The van der Waals surface area contributed by atoms with Crippen molar-refractivity contribution >= 4 is 23.1 Å². The van der Waals surface area contributed by atoms with Crippen LogP contribution >= 0.6 is 23.1 Å². The number of methoxy groups -OCH3 is 1. The first-order chi connectivity index (χ1) is 6.24. The quantitative estimate of drug-likeness (QED) is 0.820. The maximum Gasteiger partial charge on any atom is 0.173 e. The molecule has 2 nitrogen and oxygen atoms in total. The smallest absolute Gasteiger partial charge is 0.173 e. The summed E-state index contributed by atoms with van der Waals surface area (Å²) in [7, 11) is 1.66. The Kier molecular flexibility index (Phi) is 2.53. The first-order valence-electron chi connectivity index (χ1n) is 4.19. The van der Waals surface area contributed by atoms with E-state index in [0.29, 0.717) is 0 Å². The van der Waals surface area contributed by atoms with Gasteiger partial charge in [0.2, 0.25) is 0 Å². The molecule has 13 heavy (non-hydrogen) atoms. The summed E-state index contributed by atoms with van der Waals surface area (Å²) in [6.07, 6.45) is 0.862. The van der Waals surface area contributed by atoms with Crippen LogP contribution in [0.2, 0.25) is 0 Å². The lowest BCUT2D eigenvalue weighted by Gasteiger charge is -2.18. The first-order valence-corrected chi connectivity index (χ1v) is 6.16. The highest BCUT2D eigenvalue weighted by Gasteiger charge is 2.35. The lowest BCUT2D eigenvalue weighted by molar-refractivity contribution is 0.0696. The Morgan fingerprint density at radius 3 is 2.92 bits per heavy atom. The Balaban J connectivity index is 2.23. The molecule has 0 spiro atoms. The van der Waals surface area contributed by atoms with E-state index < -0.39 is 5.60 Å². The average molecular weight is 216 g/mol. The van der Waals surface area contributed by atoms with Crippen molar-refractivity contribution in [2.45, 2.75) is 12.0 Å². The van der Waals surface area contributed by atoms with Gasteiger partial charge in [-0.3, -0.25) is 0 Å². The van der Waals surface area contributed by atoms with Gasteiger partial charge in [-0.15, -0.1) is 11.3 Å². The van der Waals surface area contributed by atoms with Crippen LogP contribution in [-0.4, -0.2) is 23.7 Å². The van der Waals surface area contributed by atoms with E-state index in [-0.39, 0.29) is 0 Å². The van der Waals surface area contributed by atoms with Gasteiger partial charge in [-0.1, -0.05) is 0 Å². The second-order valence-electron chi connectivity index (χ2n) is 3.16. The number of rotatable bonds is 2. The van der Waals surface area contributed by atoms with E-state index in [9.17, 15) is 5.11 Å². The Bertz CT molecular complexity index is 290. The van der Waals surface area contributed by atoms with Crippen molar-refractivity contribution in [1.29, 1.82) is 0 Å². The lowest BCUT2D eigenvalue weighted by atomic mass is 10.0. The lowest BCUT2D eigenvalue weighted by Crippen LogP contribution is -2.22. The van der Waals surface area contributed by atoms with Crippen LogP contribution in [0.5, 0.6) is 5.06 Å². The molecule has 1 aliphatic heterocycles. The number of hydrogen-bond acceptors (Lipinski definition) is 4. The van der Waals surface area contributed by atoms with Crippen LogP contribution in [0.1, 0.15) is 11.3 Å². The van der Waals surface area contributed by atoms with E-state index in [4.69, 9.17) is 4.74 Å². The fourth-order valence-corrected chi connectivity index (χ4v) is 3.72. The molecule has 1 N–H and O–H groups in total. The summed E-state index contributed by atoms with van der Waals surface area (Å²) in [5, 5.41) is 11.1. The molecule has 2 heterocycles. The number of aliphatic hydroxyl groups is 1.